The van der Waals surface area contributed by atoms with Gasteiger partial charge in [-0.1, -0.05) is 103 Å². The molecule has 0 aliphatic rings. The van der Waals surface area contributed by atoms with Gasteiger partial charge in [0.15, 0.2) is 0 Å². The van der Waals surface area contributed by atoms with Crippen molar-refractivity contribution in [2.45, 2.75) is 18.3 Å². The van der Waals surface area contributed by atoms with E-state index in [0.717, 1.165) is 28.0 Å². The summed E-state index contributed by atoms with van der Waals surface area (Å²) >= 11 is 0. The van der Waals surface area contributed by atoms with Crippen LogP contribution in [0.4, 0.5) is 0 Å². The SMILES string of the molecule is COC[C@@H](COC(c1ccccc1)(c1ccccc1)c1ccccc1)OCc1ccc(OC)cc1. The molecule has 1 atom stereocenters. The van der Waals surface area contributed by atoms with Gasteiger partial charge in [-0.25, -0.2) is 0 Å². The molecule has 0 bridgehead atoms. The van der Waals surface area contributed by atoms with E-state index >= 15 is 0 Å². The van der Waals surface area contributed by atoms with E-state index in [1.807, 2.05) is 78.9 Å². The van der Waals surface area contributed by atoms with E-state index in [1.54, 1.807) is 14.2 Å². The van der Waals surface area contributed by atoms with E-state index in [0.29, 0.717) is 19.8 Å². The molecule has 35 heavy (non-hydrogen) atoms. The largest absolute Gasteiger partial charge is 0.497 e. The van der Waals surface area contributed by atoms with Gasteiger partial charge in [-0.05, 0) is 34.4 Å². The van der Waals surface area contributed by atoms with Crippen molar-refractivity contribution < 1.29 is 18.9 Å². The van der Waals surface area contributed by atoms with Crippen LogP contribution in [0.3, 0.4) is 0 Å². The smallest absolute Gasteiger partial charge is 0.143 e. The lowest BCUT2D eigenvalue weighted by Crippen LogP contribution is -2.37. The Morgan fingerprint density at radius 2 is 1.09 bits per heavy atom. The number of rotatable bonds is 12. The summed E-state index contributed by atoms with van der Waals surface area (Å²) in [6, 6.07) is 38.9. The van der Waals surface area contributed by atoms with Gasteiger partial charge in [-0.2, -0.15) is 0 Å². The maximum Gasteiger partial charge on any atom is 0.143 e. The second-order valence-corrected chi connectivity index (χ2v) is 8.33. The molecule has 0 spiro atoms. The lowest BCUT2D eigenvalue weighted by Gasteiger charge is -2.37. The highest BCUT2D eigenvalue weighted by Crippen LogP contribution is 2.40. The minimum absolute atomic E-state index is 0.252. The van der Waals surface area contributed by atoms with Crippen LogP contribution in [0.2, 0.25) is 0 Å². The Balaban J connectivity index is 1.64. The van der Waals surface area contributed by atoms with Crippen LogP contribution in [0, 0.1) is 0 Å². The summed E-state index contributed by atoms with van der Waals surface area (Å²) in [6.07, 6.45) is -0.252. The molecule has 0 heterocycles. The molecule has 4 aromatic rings. The third-order valence-corrected chi connectivity index (χ3v) is 6.02. The van der Waals surface area contributed by atoms with Crippen LogP contribution in [0.25, 0.3) is 0 Å². The molecule has 4 rings (SSSR count). The minimum atomic E-state index is -0.792. The Morgan fingerprint density at radius 1 is 0.600 bits per heavy atom. The van der Waals surface area contributed by atoms with Crippen LogP contribution >= 0.6 is 0 Å². The number of hydrogen-bond donors (Lipinski definition) is 0. The maximum atomic E-state index is 6.90. The molecule has 0 aromatic heterocycles. The summed E-state index contributed by atoms with van der Waals surface area (Å²) in [4.78, 5) is 0. The lowest BCUT2D eigenvalue weighted by atomic mass is 9.80. The zero-order valence-electron chi connectivity index (χ0n) is 20.3. The molecule has 0 saturated heterocycles. The van der Waals surface area contributed by atoms with Crippen LogP contribution in [-0.4, -0.2) is 33.5 Å². The van der Waals surface area contributed by atoms with E-state index in [1.165, 1.54) is 0 Å². The fourth-order valence-corrected chi connectivity index (χ4v) is 4.25. The molecule has 0 saturated carbocycles. The Kier molecular flexibility index (Phi) is 8.68. The van der Waals surface area contributed by atoms with Crippen molar-refractivity contribution in [2.24, 2.45) is 0 Å². The van der Waals surface area contributed by atoms with Crippen molar-refractivity contribution in [3.05, 3.63) is 138 Å². The van der Waals surface area contributed by atoms with Crippen molar-refractivity contribution in [3.63, 3.8) is 0 Å². The standard InChI is InChI=1S/C31H32O4/c1-32-23-30(34-22-25-18-20-29(33-2)21-19-25)24-35-31(26-12-6-3-7-13-26,27-14-8-4-9-15-27)28-16-10-5-11-17-28/h3-21,30H,22-24H2,1-2H3/t30-/m0/s1. The van der Waals surface area contributed by atoms with Gasteiger partial charge in [-0.15, -0.1) is 0 Å². The van der Waals surface area contributed by atoms with Crippen LogP contribution in [0.15, 0.2) is 115 Å². The molecule has 0 aliphatic carbocycles. The first kappa shape index (κ1) is 24.7. The van der Waals surface area contributed by atoms with Crippen molar-refractivity contribution >= 4 is 0 Å². The van der Waals surface area contributed by atoms with Crippen LogP contribution in [0.5, 0.6) is 5.75 Å². The molecular weight excluding hydrogens is 436 g/mol. The lowest BCUT2D eigenvalue weighted by molar-refractivity contribution is -0.0912. The summed E-state index contributed by atoms with van der Waals surface area (Å²) < 4.78 is 23.9. The van der Waals surface area contributed by atoms with E-state index in [2.05, 4.69) is 36.4 Å². The third kappa shape index (κ3) is 5.98. The molecule has 0 unspecified atom stereocenters. The van der Waals surface area contributed by atoms with E-state index < -0.39 is 5.60 Å². The predicted molar refractivity (Wildman–Crippen MR) is 139 cm³/mol. The molecule has 180 valence electrons. The predicted octanol–water partition coefficient (Wildman–Crippen LogP) is 6.24. The average Bonchev–Trinajstić information content (AvgIpc) is 2.94. The normalized spacial score (nSPS) is 12.3. The summed E-state index contributed by atoms with van der Waals surface area (Å²) in [5, 5.41) is 0. The van der Waals surface area contributed by atoms with Gasteiger partial charge in [0.05, 0.1) is 26.9 Å². The molecule has 0 N–H and O–H groups in total. The molecule has 0 fully saturated rings. The number of benzene rings is 4. The first-order valence-electron chi connectivity index (χ1n) is 11.8. The second kappa shape index (κ2) is 12.3. The van der Waals surface area contributed by atoms with Crippen molar-refractivity contribution in [1.29, 1.82) is 0 Å². The first-order valence-corrected chi connectivity index (χ1v) is 11.8. The zero-order valence-corrected chi connectivity index (χ0v) is 20.3. The van der Waals surface area contributed by atoms with Gasteiger partial charge in [0.1, 0.15) is 17.5 Å². The van der Waals surface area contributed by atoms with Crippen molar-refractivity contribution in [1.82, 2.24) is 0 Å². The molecule has 4 heteroatoms. The third-order valence-electron chi connectivity index (χ3n) is 6.02. The van der Waals surface area contributed by atoms with Gasteiger partial charge in [-0.3, -0.25) is 0 Å². The minimum Gasteiger partial charge on any atom is -0.497 e. The highest BCUT2D eigenvalue weighted by Gasteiger charge is 2.38. The fraction of sp³-hybridized carbons (Fsp3) is 0.226. The summed E-state index contributed by atoms with van der Waals surface area (Å²) in [5.41, 5.74) is 3.45. The maximum absolute atomic E-state index is 6.90. The highest BCUT2D eigenvalue weighted by molar-refractivity contribution is 5.47. The van der Waals surface area contributed by atoms with Gasteiger partial charge in [0.2, 0.25) is 0 Å². The number of methoxy groups -OCH3 is 2. The van der Waals surface area contributed by atoms with Crippen molar-refractivity contribution in [2.75, 3.05) is 27.4 Å². The molecule has 4 aromatic carbocycles. The molecular formula is C31H32O4. The van der Waals surface area contributed by atoms with E-state index in [9.17, 15) is 0 Å². The Bertz CT molecular complexity index is 1030. The quantitative estimate of drug-likeness (QED) is 0.231. The van der Waals surface area contributed by atoms with Crippen LogP contribution < -0.4 is 4.74 Å². The first-order chi connectivity index (χ1) is 17.3. The molecule has 0 aliphatic heterocycles. The highest BCUT2D eigenvalue weighted by atomic mass is 16.6. The van der Waals surface area contributed by atoms with E-state index in [4.69, 9.17) is 18.9 Å². The Hall–Kier alpha value is -3.44. The average molecular weight is 469 g/mol. The van der Waals surface area contributed by atoms with E-state index in [-0.39, 0.29) is 6.10 Å². The van der Waals surface area contributed by atoms with Crippen molar-refractivity contribution in [3.8, 4) is 5.75 Å². The monoisotopic (exact) mass is 468 g/mol. The van der Waals surface area contributed by atoms with Gasteiger partial charge >= 0.3 is 0 Å². The summed E-state index contributed by atoms with van der Waals surface area (Å²) in [5.74, 6) is 0.823. The Labute approximate surface area is 208 Å². The van der Waals surface area contributed by atoms with Crippen LogP contribution in [-0.2, 0) is 26.4 Å². The van der Waals surface area contributed by atoms with Gasteiger partial charge in [0.25, 0.3) is 0 Å². The molecule has 4 nitrogen and oxygen atoms in total. The second-order valence-electron chi connectivity index (χ2n) is 8.33. The molecule has 0 amide bonds. The fourth-order valence-electron chi connectivity index (χ4n) is 4.25. The topological polar surface area (TPSA) is 36.9 Å². The Morgan fingerprint density at radius 3 is 1.51 bits per heavy atom. The summed E-state index contributed by atoms with van der Waals surface area (Å²) in [7, 11) is 3.35. The number of hydrogen-bond acceptors (Lipinski definition) is 4. The molecule has 0 radical (unpaired) electrons. The van der Waals surface area contributed by atoms with Gasteiger partial charge < -0.3 is 18.9 Å². The number of ether oxygens (including phenoxy) is 4. The van der Waals surface area contributed by atoms with Gasteiger partial charge in [0, 0.05) is 7.11 Å². The summed E-state index contributed by atoms with van der Waals surface area (Å²) in [6.45, 7) is 1.23. The van der Waals surface area contributed by atoms with Crippen LogP contribution in [0.1, 0.15) is 22.3 Å². The zero-order chi connectivity index (χ0) is 24.3.